The molecule has 1 rings (SSSR count). The summed E-state index contributed by atoms with van der Waals surface area (Å²) in [6.07, 6.45) is 1.35. The molecule has 1 aromatic rings. The first kappa shape index (κ1) is 17.1. The van der Waals surface area contributed by atoms with Crippen molar-refractivity contribution < 1.29 is 18.3 Å². The number of rotatable bonds is 6. The van der Waals surface area contributed by atoms with Gasteiger partial charge in [0.2, 0.25) is 10.0 Å². The lowest BCUT2D eigenvalue weighted by molar-refractivity contribution is 0.0696. The van der Waals surface area contributed by atoms with Crippen molar-refractivity contribution in [2.75, 3.05) is 0 Å². The first-order valence-electron chi connectivity index (χ1n) is 6.28. The standard InChI is InChI=1S/C13H18BrNO4S/c1-4-10(5-2)15-20(18,19)12-7-9(13(16)17)6-11(14)8(12)3/h6-7,10,15H,4-5H2,1-3H3,(H,16,17). The van der Waals surface area contributed by atoms with Crippen molar-refractivity contribution >= 4 is 31.9 Å². The van der Waals surface area contributed by atoms with Crippen LogP contribution in [0.2, 0.25) is 0 Å². The molecule has 0 unspecified atom stereocenters. The van der Waals surface area contributed by atoms with Crippen LogP contribution in [0.15, 0.2) is 21.5 Å². The minimum atomic E-state index is -3.74. The molecule has 0 aromatic heterocycles. The fourth-order valence-electron chi connectivity index (χ4n) is 1.79. The fraction of sp³-hybridized carbons (Fsp3) is 0.462. The Hall–Kier alpha value is -0.920. The van der Waals surface area contributed by atoms with E-state index in [2.05, 4.69) is 20.7 Å². The molecule has 0 fully saturated rings. The summed E-state index contributed by atoms with van der Waals surface area (Å²) in [5.41, 5.74) is 0.431. The molecule has 7 heteroatoms. The smallest absolute Gasteiger partial charge is 0.335 e. The number of benzene rings is 1. The van der Waals surface area contributed by atoms with Crippen LogP contribution in [-0.4, -0.2) is 25.5 Å². The molecule has 0 bridgehead atoms. The van der Waals surface area contributed by atoms with Crippen molar-refractivity contribution in [1.82, 2.24) is 4.72 Å². The maximum Gasteiger partial charge on any atom is 0.335 e. The number of halogens is 1. The highest BCUT2D eigenvalue weighted by Crippen LogP contribution is 2.26. The van der Waals surface area contributed by atoms with Gasteiger partial charge in [0.15, 0.2) is 0 Å². The zero-order valence-electron chi connectivity index (χ0n) is 11.6. The highest BCUT2D eigenvalue weighted by Gasteiger charge is 2.23. The largest absolute Gasteiger partial charge is 0.478 e. The van der Waals surface area contributed by atoms with Gasteiger partial charge in [-0.05, 0) is 37.5 Å². The van der Waals surface area contributed by atoms with Gasteiger partial charge < -0.3 is 5.11 Å². The molecule has 0 saturated heterocycles. The molecule has 0 radical (unpaired) electrons. The topological polar surface area (TPSA) is 83.5 Å². The summed E-state index contributed by atoms with van der Waals surface area (Å²) in [5, 5.41) is 9.03. The number of nitrogens with one attached hydrogen (secondary N) is 1. The van der Waals surface area contributed by atoms with Gasteiger partial charge in [0.1, 0.15) is 0 Å². The van der Waals surface area contributed by atoms with E-state index < -0.39 is 16.0 Å². The molecule has 2 N–H and O–H groups in total. The molecule has 0 aliphatic heterocycles. The van der Waals surface area contributed by atoms with Crippen LogP contribution >= 0.6 is 15.9 Å². The lowest BCUT2D eigenvalue weighted by Crippen LogP contribution is -2.34. The van der Waals surface area contributed by atoms with Crippen molar-refractivity contribution in [3.63, 3.8) is 0 Å². The van der Waals surface area contributed by atoms with E-state index in [1.807, 2.05) is 13.8 Å². The molecule has 20 heavy (non-hydrogen) atoms. The van der Waals surface area contributed by atoms with Gasteiger partial charge in [0.05, 0.1) is 10.5 Å². The van der Waals surface area contributed by atoms with Crippen LogP contribution in [0.4, 0.5) is 0 Å². The van der Waals surface area contributed by atoms with Crippen LogP contribution < -0.4 is 4.72 Å². The normalized spacial score (nSPS) is 11.8. The minimum Gasteiger partial charge on any atom is -0.478 e. The lowest BCUT2D eigenvalue weighted by Gasteiger charge is -2.17. The summed E-state index contributed by atoms with van der Waals surface area (Å²) in [4.78, 5) is 11.0. The quantitative estimate of drug-likeness (QED) is 0.813. The van der Waals surface area contributed by atoms with Crippen molar-refractivity contribution in [2.24, 2.45) is 0 Å². The second-order valence-electron chi connectivity index (χ2n) is 4.52. The maximum atomic E-state index is 12.4. The van der Waals surface area contributed by atoms with E-state index in [-0.39, 0.29) is 16.5 Å². The highest BCUT2D eigenvalue weighted by molar-refractivity contribution is 9.10. The van der Waals surface area contributed by atoms with Crippen LogP contribution in [0.3, 0.4) is 0 Å². The number of carboxylic acids is 1. The molecule has 0 aliphatic carbocycles. The molecule has 5 nitrogen and oxygen atoms in total. The van der Waals surface area contributed by atoms with Crippen LogP contribution in [0.5, 0.6) is 0 Å². The van der Waals surface area contributed by atoms with Crippen LogP contribution in [-0.2, 0) is 10.0 Å². The average molecular weight is 364 g/mol. The predicted molar refractivity (Wildman–Crippen MR) is 80.5 cm³/mol. The number of carbonyl (C=O) groups is 1. The van der Waals surface area contributed by atoms with Gasteiger partial charge in [-0.3, -0.25) is 0 Å². The molecule has 1 aromatic carbocycles. The first-order valence-corrected chi connectivity index (χ1v) is 8.56. The van der Waals surface area contributed by atoms with E-state index >= 15 is 0 Å². The maximum absolute atomic E-state index is 12.4. The van der Waals surface area contributed by atoms with Gasteiger partial charge in [0.25, 0.3) is 0 Å². The van der Waals surface area contributed by atoms with E-state index in [0.717, 1.165) is 0 Å². The Morgan fingerprint density at radius 2 is 1.90 bits per heavy atom. The van der Waals surface area contributed by atoms with E-state index in [1.165, 1.54) is 12.1 Å². The molecule has 0 amide bonds. The monoisotopic (exact) mass is 363 g/mol. The number of hydrogen-bond donors (Lipinski definition) is 2. The Balaban J connectivity index is 3.34. The SMILES string of the molecule is CCC(CC)NS(=O)(=O)c1cc(C(=O)O)cc(Br)c1C. The molecule has 112 valence electrons. The number of hydrogen-bond acceptors (Lipinski definition) is 3. The first-order chi connectivity index (χ1) is 9.22. The van der Waals surface area contributed by atoms with E-state index in [1.54, 1.807) is 6.92 Å². The summed E-state index contributed by atoms with van der Waals surface area (Å²) >= 11 is 3.20. The van der Waals surface area contributed by atoms with Gasteiger partial charge in [-0.1, -0.05) is 29.8 Å². The summed E-state index contributed by atoms with van der Waals surface area (Å²) < 4.78 is 27.8. The van der Waals surface area contributed by atoms with E-state index in [4.69, 9.17) is 5.11 Å². The summed E-state index contributed by atoms with van der Waals surface area (Å²) in [6, 6.07) is 2.42. The molecule has 0 heterocycles. The summed E-state index contributed by atoms with van der Waals surface area (Å²) in [6.45, 7) is 5.43. The van der Waals surface area contributed by atoms with Crippen molar-refractivity contribution in [1.29, 1.82) is 0 Å². The van der Waals surface area contributed by atoms with Crippen LogP contribution in [0.25, 0.3) is 0 Å². The van der Waals surface area contributed by atoms with Gasteiger partial charge in [-0.15, -0.1) is 0 Å². The van der Waals surface area contributed by atoms with Crippen LogP contribution in [0, 0.1) is 6.92 Å². The number of carboxylic acid groups (broad SMARTS) is 1. The summed E-state index contributed by atoms with van der Waals surface area (Å²) in [7, 11) is -3.74. The minimum absolute atomic E-state index is 0.00354. The third-order valence-electron chi connectivity index (χ3n) is 3.14. The molecular formula is C13H18BrNO4S. The zero-order chi connectivity index (χ0) is 15.5. The lowest BCUT2D eigenvalue weighted by atomic mass is 10.1. The Morgan fingerprint density at radius 1 is 1.35 bits per heavy atom. The van der Waals surface area contributed by atoms with Crippen molar-refractivity contribution in [3.05, 3.63) is 27.7 Å². The Labute approximate surface area is 127 Å². The van der Waals surface area contributed by atoms with Crippen LogP contribution in [0.1, 0.15) is 42.6 Å². The Kier molecular flexibility index (Phi) is 5.73. The molecule has 0 spiro atoms. The van der Waals surface area contributed by atoms with Gasteiger partial charge in [-0.25, -0.2) is 17.9 Å². The number of sulfonamides is 1. The third kappa shape index (κ3) is 3.80. The summed E-state index contributed by atoms with van der Waals surface area (Å²) in [5.74, 6) is -1.16. The molecular weight excluding hydrogens is 346 g/mol. The Bertz CT molecular complexity index is 609. The van der Waals surface area contributed by atoms with E-state index in [9.17, 15) is 13.2 Å². The van der Waals surface area contributed by atoms with Gasteiger partial charge >= 0.3 is 5.97 Å². The highest BCUT2D eigenvalue weighted by atomic mass is 79.9. The Morgan fingerprint density at radius 3 is 2.35 bits per heavy atom. The van der Waals surface area contributed by atoms with Crippen molar-refractivity contribution in [2.45, 2.75) is 44.6 Å². The van der Waals surface area contributed by atoms with Crippen molar-refractivity contribution in [3.8, 4) is 0 Å². The number of aromatic carboxylic acids is 1. The molecule has 0 saturated carbocycles. The average Bonchev–Trinajstić information content (AvgIpc) is 2.38. The predicted octanol–water partition coefficient (Wildman–Crippen LogP) is 2.92. The van der Waals surface area contributed by atoms with Gasteiger partial charge in [-0.2, -0.15) is 0 Å². The van der Waals surface area contributed by atoms with Gasteiger partial charge in [0, 0.05) is 10.5 Å². The second-order valence-corrected chi connectivity index (χ2v) is 7.06. The third-order valence-corrected chi connectivity index (χ3v) is 5.61. The van der Waals surface area contributed by atoms with E-state index in [0.29, 0.717) is 22.9 Å². The molecule has 0 atom stereocenters. The fourth-order valence-corrected chi connectivity index (χ4v) is 4.08. The zero-order valence-corrected chi connectivity index (χ0v) is 14.0. The second kappa shape index (κ2) is 6.69. The molecule has 0 aliphatic rings.